The summed E-state index contributed by atoms with van der Waals surface area (Å²) in [5.74, 6) is -2.08. The molecule has 0 aliphatic carbocycles. The Morgan fingerprint density at radius 1 is 1.00 bits per heavy atom. The van der Waals surface area contributed by atoms with Crippen LogP contribution in [0.3, 0.4) is 0 Å². The van der Waals surface area contributed by atoms with Gasteiger partial charge in [0.15, 0.2) is 5.78 Å². The third-order valence-corrected chi connectivity index (χ3v) is 6.13. The van der Waals surface area contributed by atoms with Crippen molar-refractivity contribution in [3.05, 3.63) is 71.4 Å². The Bertz CT molecular complexity index is 1130. The van der Waals surface area contributed by atoms with Crippen LogP contribution in [0.1, 0.15) is 34.5 Å². The molecule has 2 fully saturated rings. The number of ketones is 1. The molecule has 6 nitrogen and oxygen atoms in total. The smallest absolute Gasteiger partial charge is 0.240 e. The second kappa shape index (κ2) is 6.14. The fraction of sp³-hybridized carbons (Fsp3) is 0.217. The Labute approximate surface area is 167 Å². The predicted molar refractivity (Wildman–Crippen MR) is 105 cm³/mol. The van der Waals surface area contributed by atoms with E-state index in [1.54, 1.807) is 24.3 Å². The van der Waals surface area contributed by atoms with Crippen molar-refractivity contribution in [3.63, 3.8) is 0 Å². The van der Waals surface area contributed by atoms with Crippen molar-refractivity contribution >= 4 is 29.4 Å². The quantitative estimate of drug-likeness (QED) is 0.588. The minimum atomic E-state index is -0.721. The molecule has 0 bridgehead atoms. The lowest BCUT2D eigenvalue weighted by atomic mass is 9.85. The fourth-order valence-corrected chi connectivity index (χ4v) is 4.81. The number of anilines is 1. The first-order valence-electron chi connectivity index (χ1n) is 9.46. The van der Waals surface area contributed by atoms with Gasteiger partial charge in [-0.2, -0.15) is 5.26 Å². The summed E-state index contributed by atoms with van der Waals surface area (Å²) in [7, 11) is 0. The lowest BCUT2D eigenvalue weighted by Gasteiger charge is -2.33. The van der Waals surface area contributed by atoms with Crippen LogP contribution in [0.15, 0.2) is 54.7 Å². The van der Waals surface area contributed by atoms with Crippen molar-refractivity contribution in [2.24, 2.45) is 11.8 Å². The molecule has 3 aliphatic heterocycles. The highest BCUT2D eigenvalue weighted by atomic mass is 16.2. The summed E-state index contributed by atoms with van der Waals surface area (Å²) in [4.78, 5) is 41.3. The van der Waals surface area contributed by atoms with Gasteiger partial charge in [0, 0.05) is 11.8 Å². The van der Waals surface area contributed by atoms with E-state index in [0.717, 1.165) is 11.1 Å². The highest BCUT2D eigenvalue weighted by Crippen LogP contribution is 2.52. The fourth-order valence-electron chi connectivity index (χ4n) is 4.81. The van der Waals surface area contributed by atoms with E-state index >= 15 is 0 Å². The number of amides is 2. The third-order valence-electron chi connectivity index (χ3n) is 6.13. The zero-order chi connectivity index (χ0) is 20.3. The van der Waals surface area contributed by atoms with Gasteiger partial charge in [0.2, 0.25) is 11.8 Å². The largest absolute Gasteiger partial charge is 0.353 e. The third kappa shape index (κ3) is 2.31. The van der Waals surface area contributed by atoms with Crippen LogP contribution in [0.5, 0.6) is 0 Å². The van der Waals surface area contributed by atoms with E-state index in [2.05, 4.69) is 6.07 Å². The summed E-state index contributed by atoms with van der Waals surface area (Å²) in [5.41, 5.74) is 2.90. The first-order valence-corrected chi connectivity index (χ1v) is 9.46. The highest BCUT2D eigenvalue weighted by Gasteiger charge is 2.63. The van der Waals surface area contributed by atoms with Crippen molar-refractivity contribution in [3.8, 4) is 6.07 Å². The molecule has 0 saturated carbocycles. The second-order valence-corrected chi connectivity index (χ2v) is 7.58. The number of Topliss-reactive ketones (excluding diaryl/α,β-unsaturated/α-hetero) is 1. The van der Waals surface area contributed by atoms with E-state index in [1.165, 1.54) is 11.8 Å². The topological polar surface area (TPSA) is 81.5 Å². The summed E-state index contributed by atoms with van der Waals surface area (Å²) < 4.78 is 0. The van der Waals surface area contributed by atoms with Gasteiger partial charge < -0.3 is 4.90 Å². The van der Waals surface area contributed by atoms with Crippen LogP contribution >= 0.6 is 0 Å². The van der Waals surface area contributed by atoms with Gasteiger partial charge in [-0.1, -0.05) is 24.3 Å². The van der Waals surface area contributed by atoms with Crippen molar-refractivity contribution in [2.75, 3.05) is 4.90 Å². The molecule has 0 spiro atoms. The number of hydrogen-bond acceptors (Lipinski definition) is 5. The van der Waals surface area contributed by atoms with E-state index in [4.69, 9.17) is 0 Å². The van der Waals surface area contributed by atoms with Crippen molar-refractivity contribution in [1.82, 2.24) is 4.90 Å². The predicted octanol–water partition coefficient (Wildman–Crippen LogP) is 2.93. The normalized spacial score (nSPS) is 26.8. The van der Waals surface area contributed by atoms with E-state index in [-0.39, 0.29) is 23.6 Å². The van der Waals surface area contributed by atoms with Crippen LogP contribution in [0, 0.1) is 23.2 Å². The molecular weight excluding hydrogens is 366 g/mol. The van der Waals surface area contributed by atoms with E-state index in [0.29, 0.717) is 11.3 Å². The Balaban J connectivity index is 1.59. The number of nitriles is 1. The maximum atomic E-state index is 13.4. The molecule has 4 atom stereocenters. The van der Waals surface area contributed by atoms with Crippen molar-refractivity contribution < 1.29 is 14.4 Å². The lowest BCUT2D eigenvalue weighted by Crippen LogP contribution is -2.40. The molecule has 0 radical (unpaired) electrons. The van der Waals surface area contributed by atoms with Crippen LogP contribution in [0.25, 0.3) is 6.08 Å². The first-order chi connectivity index (χ1) is 14.0. The number of rotatable bonds is 2. The molecule has 6 heteroatoms. The molecule has 29 heavy (non-hydrogen) atoms. The van der Waals surface area contributed by atoms with Crippen LogP contribution in [-0.2, 0) is 9.59 Å². The SMILES string of the molecule is CC(=O)c1ccc(N2C(=O)C3C(C2=O)C2c4ccccc4C=CN2C3C#N)cc1. The molecular formula is C23H17N3O3. The van der Waals surface area contributed by atoms with Crippen LogP contribution in [0.4, 0.5) is 5.69 Å². The molecule has 4 unspecified atom stereocenters. The standard InChI is InChI=1S/C23H17N3O3/c1-13(27)14-6-8-16(9-7-14)26-22(28)19-18(12-24)25-11-10-15-4-2-3-5-17(15)21(25)20(19)23(26)29/h2-11,18-21H,1H3. The Kier molecular flexibility index (Phi) is 3.68. The molecule has 0 N–H and O–H groups in total. The lowest BCUT2D eigenvalue weighted by molar-refractivity contribution is -0.123. The monoisotopic (exact) mass is 383 g/mol. The van der Waals surface area contributed by atoms with Gasteiger partial charge >= 0.3 is 0 Å². The van der Waals surface area contributed by atoms with Crippen molar-refractivity contribution in [1.29, 1.82) is 5.26 Å². The van der Waals surface area contributed by atoms with E-state index in [9.17, 15) is 19.6 Å². The average molecular weight is 383 g/mol. The molecule has 2 aromatic rings. The number of hydrogen-bond donors (Lipinski definition) is 0. The van der Waals surface area contributed by atoms with Gasteiger partial charge in [-0.05, 0) is 48.4 Å². The maximum Gasteiger partial charge on any atom is 0.240 e. The highest BCUT2D eigenvalue weighted by molar-refractivity contribution is 6.23. The van der Waals surface area contributed by atoms with Crippen molar-refractivity contribution in [2.45, 2.75) is 19.0 Å². The minimum Gasteiger partial charge on any atom is -0.353 e. The number of nitrogens with zero attached hydrogens (tertiary/aromatic N) is 3. The molecule has 2 saturated heterocycles. The number of fused-ring (bicyclic) bond motifs is 5. The first kappa shape index (κ1) is 17.4. The van der Waals surface area contributed by atoms with Crippen LogP contribution in [-0.4, -0.2) is 28.5 Å². The summed E-state index contributed by atoms with van der Waals surface area (Å²) in [5, 5.41) is 9.81. The van der Waals surface area contributed by atoms with Crippen LogP contribution in [0.2, 0.25) is 0 Å². The van der Waals surface area contributed by atoms with Gasteiger partial charge in [0.1, 0.15) is 6.04 Å². The molecule has 3 aliphatic rings. The molecule has 2 amide bonds. The number of carbonyl (C=O) groups is 3. The van der Waals surface area contributed by atoms with Crippen LogP contribution < -0.4 is 4.90 Å². The summed E-state index contributed by atoms with van der Waals surface area (Å²) in [6, 6.07) is 15.4. The van der Waals surface area contributed by atoms with Gasteiger partial charge in [0.05, 0.1) is 29.6 Å². The zero-order valence-electron chi connectivity index (χ0n) is 15.6. The zero-order valence-corrected chi connectivity index (χ0v) is 15.6. The second-order valence-electron chi connectivity index (χ2n) is 7.58. The minimum absolute atomic E-state index is 0.0849. The van der Waals surface area contributed by atoms with Gasteiger partial charge in [0.25, 0.3) is 0 Å². The molecule has 142 valence electrons. The summed E-state index contributed by atoms with van der Waals surface area (Å²) >= 11 is 0. The summed E-state index contributed by atoms with van der Waals surface area (Å²) in [6.07, 6.45) is 3.75. The van der Waals surface area contributed by atoms with Gasteiger partial charge in [-0.3, -0.25) is 14.4 Å². The van der Waals surface area contributed by atoms with Gasteiger partial charge in [-0.25, -0.2) is 4.90 Å². The number of carbonyl (C=O) groups excluding carboxylic acids is 3. The van der Waals surface area contributed by atoms with Gasteiger partial charge in [-0.15, -0.1) is 0 Å². The average Bonchev–Trinajstić information content (AvgIpc) is 3.20. The summed E-state index contributed by atoms with van der Waals surface area (Å²) in [6.45, 7) is 1.46. The molecule has 3 heterocycles. The Hall–Kier alpha value is -3.72. The molecule has 0 aromatic heterocycles. The molecule has 5 rings (SSSR count). The Morgan fingerprint density at radius 3 is 2.38 bits per heavy atom. The molecule has 2 aromatic carbocycles. The van der Waals surface area contributed by atoms with E-state index < -0.39 is 17.9 Å². The van der Waals surface area contributed by atoms with E-state index in [1.807, 2.05) is 41.4 Å². The number of benzene rings is 2. The number of imide groups is 1. The Morgan fingerprint density at radius 2 is 1.69 bits per heavy atom. The maximum absolute atomic E-state index is 13.4.